The van der Waals surface area contributed by atoms with Crippen molar-refractivity contribution in [2.75, 3.05) is 12.3 Å². The van der Waals surface area contributed by atoms with Gasteiger partial charge in [-0.3, -0.25) is 4.79 Å². The fourth-order valence-electron chi connectivity index (χ4n) is 2.75. The lowest BCUT2D eigenvalue weighted by Crippen LogP contribution is -2.34. The lowest BCUT2D eigenvalue weighted by Gasteiger charge is -2.22. The highest BCUT2D eigenvalue weighted by Gasteiger charge is 2.43. The Morgan fingerprint density at radius 2 is 2.42 bits per heavy atom. The third-order valence-corrected chi connectivity index (χ3v) is 4.14. The number of nitrogens with zero attached hydrogens (tertiary/aromatic N) is 4. The SMILES string of the molecule is CC(C)C(=O)OCC1(C#N)CCC(c2ccc3c(N)ncnn23)O1. The van der Waals surface area contributed by atoms with Gasteiger partial charge in [0, 0.05) is 0 Å². The van der Waals surface area contributed by atoms with Gasteiger partial charge < -0.3 is 15.2 Å². The predicted octanol–water partition coefficient (Wildman–Crippen LogP) is 1.62. The van der Waals surface area contributed by atoms with E-state index in [1.165, 1.54) is 6.33 Å². The van der Waals surface area contributed by atoms with Gasteiger partial charge >= 0.3 is 5.97 Å². The van der Waals surface area contributed by atoms with Gasteiger partial charge in [-0.1, -0.05) is 13.8 Å². The van der Waals surface area contributed by atoms with Crippen molar-refractivity contribution in [2.24, 2.45) is 5.92 Å². The minimum Gasteiger partial charge on any atom is -0.461 e. The Morgan fingerprint density at radius 3 is 3.12 bits per heavy atom. The first-order valence-electron chi connectivity index (χ1n) is 7.79. The smallest absolute Gasteiger partial charge is 0.308 e. The molecule has 8 heteroatoms. The monoisotopic (exact) mass is 329 g/mol. The summed E-state index contributed by atoms with van der Waals surface area (Å²) in [4.78, 5) is 15.6. The van der Waals surface area contributed by atoms with E-state index in [0.29, 0.717) is 24.2 Å². The number of rotatable bonds is 4. The molecule has 2 aromatic heterocycles. The number of ether oxygens (including phenoxy) is 2. The Hall–Kier alpha value is -2.66. The summed E-state index contributed by atoms with van der Waals surface area (Å²) >= 11 is 0. The van der Waals surface area contributed by atoms with Gasteiger partial charge in [0.2, 0.25) is 0 Å². The second-order valence-corrected chi connectivity index (χ2v) is 6.21. The average Bonchev–Trinajstić information content (AvgIpc) is 3.17. The fraction of sp³-hybridized carbons (Fsp3) is 0.500. The van der Waals surface area contributed by atoms with Gasteiger partial charge in [0.1, 0.15) is 30.6 Å². The van der Waals surface area contributed by atoms with E-state index in [4.69, 9.17) is 15.2 Å². The highest BCUT2D eigenvalue weighted by Crippen LogP contribution is 2.40. The molecule has 2 unspecified atom stereocenters. The lowest BCUT2D eigenvalue weighted by molar-refractivity contribution is -0.154. The van der Waals surface area contributed by atoms with Crippen LogP contribution in [-0.2, 0) is 14.3 Å². The molecule has 0 radical (unpaired) electrons. The zero-order valence-electron chi connectivity index (χ0n) is 13.6. The molecule has 0 bridgehead atoms. The van der Waals surface area contributed by atoms with Crippen LogP contribution >= 0.6 is 0 Å². The third-order valence-electron chi connectivity index (χ3n) is 4.14. The Balaban J connectivity index is 1.79. The van der Waals surface area contributed by atoms with Gasteiger partial charge in [0.05, 0.1) is 11.6 Å². The molecule has 3 heterocycles. The fourth-order valence-corrected chi connectivity index (χ4v) is 2.75. The first kappa shape index (κ1) is 16.2. The number of nitrogen functional groups attached to an aromatic ring is 1. The van der Waals surface area contributed by atoms with Crippen LogP contribution in [0.5, 0.6) is 0 Å². The van der Waals surface area contributed by atoms with Crippen molar-refractivity contribution in [3.05, 3.63) is 24.2 Å². The standard InChI is InChI=1S/C16H19N5O3/c1-10(2)15(22)23-8-16(7-17)6-5-13(24-16)11-3-4-12-14(18)19-9-20-21(11)12/h3-4,9-10,13H,5-6,8H2,1-2H3,(H2,18,19,20). The van der Waals surface area contributed by atoms with E-state index in [1.807, 2.05) is 12.1 Å². The van der Waals surface area contributed by atoms with Gasteiger partial charge in [-0.05, 0) is 25.0 Å². The van der Waals surface area contributed by atoms with Crippen LogP contribution in [0.4, 0.5) is 5.82 Å². The van der Waals surface area contributed by atoms with Crippen molar-refractivity contribution >= 4 is 17.3 Å². The molecule has 2 atom stereocenters. The number of fused-ring (bicyclic) bond motifs is 1. The molecule has 126 valence electrons. The van der Waals surface area contributed by atoms with E-state index in [1.54, 1.807) is 18.4 Å². The molecule has 0 spiro atoms. The maximum Gasteiger partial charge on any atom is 0.308 e. The normalized spacial score (nSPS) is 23.5. The first-order chi connectivity index (χ1) is 11.5. The average molecular weight is 329 g/mol. The summed E-state index contributed by atoms with van der Waals surface area (Å²) in [5.74, 6) is -0.204. The number of carbonyl (C=O) groups is 1. The quantitative estimate of drug-likeness (QED) is 0.847. The molecular formula is C16H19N5O3. The largest absolute Gasteiger partial charge is 0.461 e. The summed E-state index contributed by atoms with van der Waals surface area (Å²) in [6, 6.07) is 5.84. The molecule has 8 nitrogen and oxygen atoms in total. The zero-order chi connectivity index (χ0) is 17.3. The van der Waals surface area contributed by atoms with E-state index >= 15 is 0 Å². The van der Waals surface area contributed by atoms with E-state index in [0.717, 1.165) is 5.69 Å². The van der Waals surface area contributed by atoms with Crippen LogP contribution in [0.15, 0.2) is 18.5 Å². The zero-order valence-corrected chi connectivity index (χ0v) is 13.6. The summed E-state index contributed by atoms with van der Waals surface area (Å²) in [5, 5.41) is 13.7. The number of nitriles is 1. The van der Waals surface area contributed by atoms with Crippen molar-refractivity contribution in [3.8, 4) is 6.07 Å². The molecule has 0 aromatic carbocycles. The van der Waals surface area contributed by atoms with Crippen molar-refractivity contribution in [1.82, 2.24) is 14.6 Å². The second-order valence-electron chi connectivity index (χ2n) is 6.21. The number of anilines is 1. The molecule has 2 N–H and O–H groups in total. The highest BCUT2D eigenvalue weighted by atomic mass is 16.6. The Morgan fingerprint density at radius 1 is 1.62 bits per heavy atom. The molecule has 1 saturated heterocycles. The van der Waals surface area contributed by atoms with Crippen LogP contribution in [0.25, 0.3) is 5.52 Å². The Kier molecular flexibility index (Phi) is 4.11. The summed E-state index contributed by atoms with van der Waals surface area (Å²) in [6.45, 7) is 3.42. The van der Waals surface area contributed by atoms with E-state index in [9.17, 15) is 10.1 Å². The maximum atomic E-state index is 11.7. The van der Waals surface area contributed by atoms with Crippen LogP contribution in [0.3, 0.4) is 0 Å². The molecule has 24 heavy (non-hydrogen) atoms. The third kappa shape index (κ3) is 2.78. The summed E-state index contributed by atoms with van der Waals surface area (Å²) in [5.41, 5.74) is 6.20. The lowest BCUT2D eigenvalue weighted by atomic mass is 10.0. The van der Waals surface area contributed by atoms with Crippen molar-refractivity contribution in [2.45, 2.75) is 38.4 Å². The molecule has 0 amide bonds. The van der Waals surface area contributed by atoms with E-state index < -0.39 is 5.60 Å². The van der Waals surface area contributed by atoms with Crippen LogP contribution < -0.4 is 5.73 Å². The number of hydrogen-bond acceptors (Lipinski definition) is 7. The van der Waals surface area contributed by atoms with Crippen LogP contribution in [0.2, 0.25) is 0 Å². The molecule has 2 aromatic rings. The van der Waals surface area contributed by atoms with Crippen LogP contribution in [0.1, 0.15) is 38.5 Å². The topological polar surface area (TPSA) is 116 Å². The Labute approximate surface area is 139 Å². The molecule has 1 aliphatic heterocycles. The second kappa shape index (κ2) is 6.09. The van der Waals surface area contributed by atoms with Crippen LogP contribution in [0, 0.1) is 17.2 Å². The molecule has 1 fully saturated rings. The number of aromatic nitrogens is 3. The predicted molar refractivity (Wildman–Crippen MR) is 84.6 cm³/mol. The highest BCUT2D eigenvalue weighted by molar-refractivity contribution is 5.71. The van der Waals surface area contributed by atoms with Gasteiger partial charge in [0.15, 0.2) is 11.4 Å². The molecule has 0 saturated carbocycles. The van der Waals surface area contributed by atoms with Gasteiger partial charge in [-0.15, -0.1) is 0 Å². The molecule has 1 aliphatic rings. The molecule has 3 rings (SSSR count). The van der Waals surface area contributed by atoms with Gasteiger partial charge in [-0.25, -0.2) is 9.50 Å². The summed E-state index contributed by atoms with van der Waals surface area (Å²) in [7, 11) is 0. The number of nitrogens with two attached hydrogens (primary N) is 1. The number of hydrogen-bond donors (Lipinski definition) is 1. The van der Waals surface area contributed by atoms with Crippen molar-refractivity contribution < 1.29 is 14.3 Å². The minimum atomic E-state index is -1.13. The number of carbonyl (C=O) groups excluding carboxylic acids is 1. The van der Waals surface area contributed by atoms with Gasteiger partial charge in [-0.2, -0.15) is 10.4 Å². The summed E-state index contributed by atoms with van der Waals surface area (Å²) in [6.07, 6.45) is 2.16. The molecular weight excluding hydrogens is 310 g/mol. The molecule has 0 aliphatic carbocycles. The maximum absolute atomic E-state index is 11.7. The first-order valence-corrected chi connectivity index (χ1v) is 7.79. The van der Waals surface area contributed by atoms with E-state index in [-0.39, 0.29) is 24.6 Å². The Bertz CT molecular complexity index is 810. The van der Waals surface area contributed by atoms with Crippen molar-refractivity contribution in [1.29, 1.82) is 5.26 Å². The number of esters is 1. The van der Waals surface area contributed by atoms with E-state index in [2.05, 4.69) is 16.2 Å². The minimum absolute atomic E-state index is 0.0720. The van der Waals surface area contributed by atoms with Crippen LogP contribution in [-0.4, -0.2) is 32.8 Å². The van der Waals surface area contributed by atoms with Crippen molar-refractivity contribution in [3.63, 3.8) is 0 Å². The van der Waals surface area contributed by atoms with Gasteiger partial charge in [0.25, 0.3) is 0 Å². The summed E-state index contributed by atoms with van der Waals surface area (Å²) < 4.78 is 12.8.